The van der Waals surface area contributed by atoms with Crippen LogP contribution in [-0.4, -0.2) is 32.9 Å². The smallest absolute Gasteiger partial charge is 0.181 e. The maximum Gasteiger partial charge on any atom is 0.181 e. The number of hydrogen-bond acceptors (Lipinski definition) is 3. The summed E-state index contributed by atoms with van der Waals surface area (Å²) in [5.74, 6) is -1.07. The third-order valence-electron chi connectivity index (χ3n) is 2.81. The maximum absolute atomic E-state index is 14.1. The van der Waals surface area contributed by atoms with Crippen molar-refractivity contribution in [3.8, 4) is 0 Å². The van der Waals surface area contributed by atoms with Crippen LogP contribution in [0.5, 0.6) is 0 Å². The van der Waals surface area contributed by atoms with Crippen molar-refractivity contribution in [3.05, 3.63) is 30.1 Å². The molecule has 0 aliphatic carbocycles. The van der Waals surface area contributed by atoms with Crippen LogP contribution in [-0.2, 0) is 9.84 Å². The monoisotopic (exact) mass is 261 g/mol. The van der Waals surface area contributed by atoms with Gasteiger partial charge in [0.15, 0.2) is 9.84 Å². The van der Waals surface area contributed by atoms with Gasteiger partial charge in [0.25, 0.3) is 0 Å². The minimum atomic E-state index is -3.70. The Hall–Kier alpha value is -1.01. The molecular weight excluding hydrogens is 248 g/mol. The van der Waals surface area contributed by atoms with E-state index in [2.05, 4.69) is 5.32 Å². The van der Waals surface area contributed by atoms with E-state index in [0.717, 1.165) is 24.3 Å². The summed E-state index contributed by atoms with van der Waals surface area (Å²) in [5, 5.41) is 2.80. The predicted molar refractivity (Wildman–Crippen MR) is 59.8 cm³/mol. The number of hydrogen-bond donors (Lipinski definition) is 1. The number of rotatable bonds is 3. The highest BCUT2D eigenvalue weighted by Gasteiger charge is 2.38. The highest BCUT2D eigenvalue weighted by Crippen LogP contribution is 2.25. The van der Waals surface area contributed by atoms with Crippen LogP contribution >= 0.6 is 0 Å². The van der Waals surface area contributed by atoms with Crippen molar-refractivity contribution in [1.29, 1.82) is 0 Å². The average Bonchev–Trinajstić information content (AvgIpc) is 2.64. The predicted octanol–water partition coefficient (Wildman–Crippen LogP) is 1.30. The Kier molecular flexibility index (Phi) is 3.18. The number of halogens is 2. The Morgan fingerprint density at radius 2 is 1.94 bits per heavy atom. The van der Waals surface area contributed by atoms with Gasteiger partial charge in [-0.15, -0.1) is 0 Å². The summed E-state index contributed by atoms with van der Waals surface area (Å²) in [6.45, 7) is 0.531. The quantitative estimate of drug-likeness (QED) is 0.834. The molecule has 0 aromatic heterocycles. The van der Waals surface area contributed by atoms with Gasteiger partial charge in [-0.1, -0.05) is 0 Å². The minimum absolute atomic E-state index is 0.0391. The molecule has 1 aromatic carbocycles. The van der Waals surface area contributed by atoms with Gasteiger partial charge in [0.05, 0.1) is 10.6 Å². The maximum atomic E-state index is 14.1. The molecule has 1 saturated heterocycles. The largest absolute Gasteiger partial charge is 0.313 e. The number of nitrogens with one attached hydrogen (secondary N) is 1. The van der Waals surface area contributed by atoms with E-state index >= 15 is 0 Å². The first-order chi connectivity index (χ1) is 7.91. The van der Waals surface area contributed by atoms with Gasteiger partial charge in [-0.3, -0.25) is 0 Å². The zero-order valence-electron chi connectivity index (χ0n) is 9.12. The van der Waals surface area contributed by atoms with E-state index < -0.39 is 27.1 Å². The first-order valence-corrected chi connectivity index (χ1v) is 6.95. The first kappa shape index (κ1) is 12.4. The van der Waals surface area contributed by atoms with E-state index in [0.29, 0.717) is 6.54 Å². The molecule has 17 heavy (non-hydrogen) atoms. The lowest BCUT2D eigenvalue weighted by Gasteiger charge is -2.17. The van der Waals surface area contributed by atoms with Crippen molar-refractivity contribution in [2.75, 3.05) is 18.8 Å². The van der Waals surface area contributed by atoms with Crippen molar-refractivity contribution in [2.45, 2.75) is 17.0 Å². The van der Waals surface area contributed by atoms with Crippen LogP contribution < -0.4 is 5.32 Å². The number of benzene rings is 1. The van der Waals surface area contributed by atoms with Crippen LogP contribution in [0, 0.1) is 5.82 Å². The zero-order chi connectivity index (χ0) is 12.5. The standard InChI is InChI=1S/C11H13F2NO2S/c12-9-1-3-10(4-2-9)17(15,16)8-11(13)5-6-14-7-11/h1-4,14H,5-8H2. The van der Waals surface area contributed by atoms with Crippen molar-refractivity contribution in [1.82, 2.24) is 5.32 Å². The second-order valence-electron chi connectivity index (χ2n) is 4.29. The zero-order valence-corrected chi connectivity index (χ0v) is 9.93. The van der Waals surface area contributed by atoms with Gasteiger partial charge >= 0.3 is 0 Å². The fourth-order valence-electron chi connectivity index (χ4n) is 1.90. The van der Waals surface area contributed by atoms with E-state index in [1.54, 1.807) is 0 Å². The molecule has 0 amide bonds. The molecule has 1 atom stereocenters. The first-order valence-electron chi connectivity index (χ1n) is 5.29. The molecule has 1 aromatic rings. The third kappa shape index (κ3) is 2.81. The van der Waals surface area contributed by atoms with E-state index in [-0.39, 0.29) is 17.9 Å². The number of sulfone groups is 1. The second kappa shape index (κ2) is 4.34. The molecule has 1 heterocycles. The molecule has 1 aliphatic rings. The van der Waals surface area contributed by atoms with Gasteiger partial charge in [0, 0.05) is 6.54 Å². The lowest BCUT2D eigenvalue weighted by atomic mass is 10.1. The van der Waals surface area contributed by atoms with Gasteiger partial charge in [-0.05, 0) is 37.2 Å². The van der Waals surface area contributed by atoms with E-state index in [1.165, 1.54) is 0 Å². The van der Waals surface area contributed by atoms with E-state index in [9.17, 15) is 17.2 Å². The highest BCUT2D eigenvalue weighted by molar-refractivity contribution is 7.91. The molecule has 1 fully saturated rings. The molecular formula is C11H13F2NO2S. The highest BCUT2D eigenvalue weighted by atomic mass is 32.2. The Balaban J connectivity index is 2.22. The van der Waals surface area contributed by atoms with Crippen LogP contribution in [0.2, 0.25) is 0 Å². The SMILES string of the molecule is O=S(=O)(CC1(F)CCNC1)c1ccc(F)cc1. The lowest BCUT2D eigenvalue weighted by molar-refractivity contribution is 0.221. The summed E-state index contributed by atoms with van der Waals surface area (Å²) in [6, 6.07) is 4.45. The number of alkyl halides is 1. The molecule has 94 valence electrons. The normalized spacial score (nSPS) is 25.1. The Bertz CT molecular complexity index is 493. The summed E-state index contributed by atoms with van der Waals surface area (Å²) in [7, 11) is -3.70. The third-order valence-corrected chi connectivity index (χ3v) is 4.70. The summed E-state index contributed by atoms with van der Waals surface area (Å²) in [6.07, 6.45) is 0.188. The molecule has 0 bridgehead atoms. The van der Waals surface area contributed by atoms with Gasteiger partial charge < -0.3 is 5.32 Å². The summed E-state index contributed by atoms with van der Waals surface area (Å²) < 4.78 is 50.6. The summed E-state index contributed by atoms with van der Waals surface area (Å²) in [4.78, 5) is -0.0391. The summed E-state index contributed by atoms with van der Waals surface area (Å²) in [5.41, 5.74) is -1.72. The minimum Gasteiger partial charge on any atom is -0.313 e. The van der Waals surface area contributed by atoms with Gasteiger partial charge in [0.1, 0.15) is 11.5 Å². The topological polar surface area (TPSA) is 46.2 Å². The molecule has 1 aliphatic heterocycles. The van der Waals surface area contributed by atoms with Gasteiger partial charge in [-0.25, -0.2) is 17.2 Å². The van der Waals surface area contributed by atoms with Crippen LogP contribution in [0.15, 0.2) is 29.2 Å². The van der Waals surface area contributed by atoms with E-state index in [4.69, 9.17) is 0 Å². The average molecular weight is 261 g/mol. The van der Waals surface area contributed by atoms with Crippen LogP contribution in [0.25, 0.3) is 0 Å². The lowest BCUT2D eigenvalue weighted by Crippen LogP contribution is -2.34. The molecule has 6 heteroatoms. The Morgan fingerprint density at radius 3 is 2.47 bits per heavy atom. The van der Waals surface area contributed by atoms with Crippen LogP contribution in [0.3, 0.4) is 0 Å². The van der Waals surface area contributed by atoms with Crippen LogP contribution in [0.1, 0.15) is 6.42 Å². The Morgan fingerprint density at radius 1 is 1.29 bits per heavy atom. The van der Waals surface area contributed by atoms with Crippen molar-refractivity contribution in [3.63, 3.8) is 0 Å². The molecule has 2 rings (SSSR count). The van der Waals surface area contributed by atoms with Crippen molar-refractivity contribution >= 4 is 9.84 Å². The molecule has 3 nitrogen and oxygen atoms in total. The fraction of sp³-hybridized carbons (Fsp3) is 0.455. The molecule has 1 N–H and O–H groups in total. The molecule has 0 radical (unpaired) electrons. The summed E-state index contributed by atoms with van der Waals surface area (Å²) >= 11 is 0. The van der Waals surface area contributed by atoms with Crippen molar-refractivity contribution < 1.29 is 17.2 Å². The molecule has 0 saturated carbocycles. The van der Waals surface area contributed by atoms with Gasteiger partial charge in [0.2, 0.25) is 0 Å². The van der Waals surface area contributed by atoms with Crippen molar-refractivity contribution in [2.24, 2.45) is 0 Å². The fourth-order valence-corrected chi connectivity index (χ4v) is 3.55. The molecule has 0 spiro atoms. The Labute approximate surface area is 98.8 Å². The van der Waals surface area contributed by atoms with Crippen LogP contribution in [0.4, 0.5) is 8.78 Å². The molecule has 1 unspecified atom stereocenters. The van der Waals surface area contributed by atoms with E-state index in [1.807, 2.05) is 0 Å². The second-order valence-corrected chi connectivity index (χ2v) is 6.28. The van der Waals surface area contributed by atoms with Gasteiger partial charge in [-0.2, -0.15) is 0 Å².